The van der Waals surface area contributed by atoms with Gasteiger partial charge in [-0.2, -0.15) is 26.3 Å². The van der Waals surface area contributed by atoms with Gasteiger partial charge in [-0.3, -0.25) is 0 Å². The highest BCUT2D eigenvalue weighted by Gasteiger charge is 2.34. The van der Waals surface area contributed by atoms with E-state index in [1.165, 1.54) is 22.9 Å². The van der Waals surface area contributed by atoms with Crippen molar-refractivity contribution in [3.05, 3.63) is 114 Å². The van der Waals surface area contributed by atoms with E-state index in [2.05, 4.69) is 5.10 Å². The van der Waals surface area contributed by atoms with Gasteiger partial charge in [0.25, 0.3) is 5.69 Å². The fourth-order valence-electron chi connectivity index (χ4n) is 4.13. The summed E-state index contributed by atoms with van der Waals surface area (Å²) >= 11 is 0. The van der Waals surface area contributed by atoms with Crippen LogP contribution in [0.4, 0.5) is 26.3 Å². The second kappa shape index (κ2) is 8.78. The molecule has 180 valence electrons. The zero-order valence-electron chi connectivity index (χ0n) is 18.5. The fraction of sp³-hybridized carbons (Fsp3) is 0.0714. The van der Waals surface area contributed by atoms with Gasteiger partial charge in [0.2, 0.25) is 5.69 Å². The van der Waals surface area contributed by atoms with E-state index < -0.39 is 23.5 Å². The third kappa shape index (κ3) is 4.42. The van der Waals surface area contributed by atoms with E-state index in [0.29, 0.717) is 28.1 Å². The minimum absolute atomic E-state index is 0.265. The maximum Gasteiger partial charge on any atom is 0.416 e. The summed E-state index contributed by atoms with van der Waals surface area (Å²) in [6.07, 6.45) is -9.07. The summed E-state index contributed by atoms with van der Waals surface area (Å²) in [6, 6.07) is 25.6. The molecule has 0 bridgehead atoms. The van der Waals surface area contributed by atoms with E-state index in [4.69, 9.17) is 0 Å². The third-order valence-corrected chi connectivity index (χ3v) is 5.80. The molecule has 4 aromatic carbocycles. The second-order valence-electron chi connectivity index (χ2n) is 8.14. The molecule has 1 aromatic heterocycles. The van der Waals surface area contributed by atoms with E-state index in [9.17, 15) is 26.3 Å². The number of fused-ring (bicyclic) bond motifs is 1. The van der Waals surface area contributed by atoms with Gasteiger partial charge in [-0.1, -0.05) is 48.5 Å². The summed E-state index contributed by atoms with van der Waals surface area (Å²) in [4.78, 5) is 0. The Hall–Kier alpha value is -4.20. The largest absolute Gasteiger partial charge is 0.416 e. The molecule has 0 saturated carbocycles. The van der Waals surface area contributed by atoms with E-state index in [-0.39, 0.29) is 10.9 Å². The first-order valence-electron chi connectivity index (χ1n) is 10.9. The number of hydrogen-bond acceptors (Lipinski definition) is 1. The Kier molecular flexibility index (Phi) is 5.74. The first-order chi connectivity index (χ1) is 17.1. The highest BCUT2D eigenvalue weighted by Crippen LogP contribution is 2.39. The van der Waals surface area contributed by atoms with Crippen LogP contribution in [0.1, 0.15) is 11.1 Å². The van der Waals surface area contributed by atoms with Crippen molar-refractivity contribution in [2.75, 3.05) is 0 Å². The first kappa shape index (κ1) is 23.5. The summed E-state index contributed by atoms with van der Waals surface area (Å²) in [5, 5.41) is 4.87. The molecule has 36 heavy (non-hydrogen) atoms. The average Bonchev–Trinajstić information content (AvgIpc) is 2.87. The van der Waals surface area contributed by atoms with Gasteiger partial charge < -0.3 is 0 Å². The zero-order valence-corrected chi connectivity index (χ0v) is 18.5. The molecule has 0 unspecified atom stereocenters. The van der Waals surface area contributed by atoms with Gasteiger partial charge in [-0.25, -0.2) is 0 Å². The van der Waals surface area contributed by atoms with Gasteiger partial charge in [0.05, 0.1) is 16.7 Å². The van der Waals surface area contributed by atoms with Crippen molar-refractivity contribution in [3.63, 3.8) is 0 Å². The Balaban J connectivity index is 1.90. The number of aromatic nitrogens is 2. The molecule has 0 amide bonds. The summed E-state index contributed by atoms with van der Waals surface area (Å²) in [5.41, 5.74) is 1.19. The van der Waals surface area contributed by atoms with Gasteiger partial charge in [0.1, 0.15) is 5.52 Å². The number of nitrogens with zero attached hydrogens (tertiary/aromatic N) is 2. The highest BCUT2D eigenvalue weighted by molar-refractivity contribution is 6.00. The SMILES string of the molecule is FC(F)(F)c1ccc(-[n+]2nc3ccc(C(F)(F)F)cc3c(-c3ccccc3)c2-c2ccccc2)cc1. The molecule has 0 saturated heterocycles. The summed E-state index contributed by atoms with van der Waals surface area (Å²) < 4.78 is 81.9. The predicted molar refractivity (Wildman–Crippen MR) is 124 cm³/mol. The molecule has 0 aliphatic heterocycles. The molecule has 1 heterocycles. The Morgan fingerprint density at radius 1 is 0.556 bits per heavy atom. The smallest absolute Gasteiger partial charge is 0.166 e. The zero-order chi connectivity index (χ0) is 25.5. The molecular weight excluding hydrogens is 478 g/mol. The van der Waals surface area contributed by atoms with Crippen molar-refractivity contribution in [2.45, 2.75) is 12.4 Å². The monoisotopic (exact) mass is 495 g/mol. The number of benzene rings is 4. The van der Waals surface area contributed by atoms with E-state index >= 15 is 0 Å². The highest BCUT2D eigenvalue weighted by atomic mass is 19.4. The minimum Gasteiger partial charge on any atom is -0.166 e. The van der Waals surface area contributed by atoms with Crippen LogP contribution in [-0.2, 0) is 12.4 Å². The molecule has 0 aliphatic rings. The number of rotatable bonds is 3. The topological polar surface area (TPSA) is 16.8 Å². The van der Waals surface area contributed by atoms with E-state index in [0.717, 1.165) is 24.3 Å². The fourth-order valence-corrected chi connectivity index (χ4v) is 4.13. The summed E-state index contributed by atoms with van der Waals surface area (Å²) in [5.74, 6) is 0. The summed E-state index contributed by atoms with van der Waals surface area (Å²) in [7, 11) is 0. The van der Waals surface area contributed by atoms with E-state index in [1.807, 2.05) is 0 Å². The lowest BCUT2D eigenvalue weighted by Gasteiger charge is -2.14. The van der Waals surface area contributed by atoms with Crippen LogP contribution >= 0.6 is 0 Å². The maximum atomic E-state index is 13.6. The van der Waals surface area contributed by atoms with Crippen molar-refractivity contribution in [2.24, 2.45) is 0 Å². The molecule has 5 rings (SSSR count). The van der Waals surface area contributed by atoms with Crippen LogP contribution in [0.15, 0.2) is 103 Å². The average molecular weight is 495 g/mol. The molecule has 0 spiro atoms. The van der Waals surface area contributed by atoms with Crippen LogP contribution in [0, 0.1) is 0 Å². The molecule has 0 N–H and O–H groups in total. The number of halogens is 6. The van der Waals surface area contributed by atoms with Crippen LogP contribution in [-0.4, -0.2) is 5.10 Å². The van der Waals surface area contributed by atoms with Crippen molar-refractivity contribution < 1.29 is 31.0 Å². The van der Waals surface area contributed by atoms with Crippen molar-refractivity contribution in [3.8, 4) is 28.1 Å². The first-order valence-corrected chi connectivity index (χ1v) is 10.9. The van der Waals surface area contributed by atoms with Crippen molar-refractivity contribution >= 4 is 10.9 Å². The van der Waals surface area contributed by atoms with Crippen LogP contribution in [0.3, 0.4) is 0 Å². The van der Waals surface area contributed by atoms with Crippen molar-refractivity contribution in [1.29, 1.82) is 0 Å². The molecule has 5 aromatic rings. The van der Waals surface area contributed by atoms with Gasteiger partial charge >= 0.3 is 12.4 Å². The lowest BCUT2D eigenvalue weighted by molar-refractivity contribution is -0.645. The molecule has 0 radical (unpaired) electrons. The Morgan fingerprint density at radius 2 is 1.08 bits per heavy atom. The molecule has 0 atom stereocenters. The normalized spacial score (nSPS) is 12.2. The van der Waals surface area contributed by atoms with Gasteiger partial charge in [0.15, 0.2) is 0 Å². The van der Waals surface area contributed by atoms with Crippen LogP contribution in [0.25, 0.3) is 39.0 Å². The standard InChI is InChI=1S/C28H17F6N2/c29-27(30,31)20-11-14-22(15-12-20)36-26(19-9-5-2-6-10-19)25(18-7-3-1-4-8-18)23-17-21(28(32,33)34)13-16-24(23)35-36/h1-17H/q+1. The lowest BCUT2D eigenvalue weighted by Crippen LogP contribution is -2.38. The Morgan fingerprint density at radius 3 is 1.64 bits per heavy atom. The lowest BCUT2D eigenvalue weighted by atomic mass is 9.94. The maximum absolute atomic E-state index is 13.6. The molecule has 2 nitrogen and oxygen atoms in total. The molecular formula is C28H17F6N2+. The molecule has 8 heteroatoms. The van der Waals surface area contributed by atoms with Gasteiger partial charge in [-0.15, -0.1) is 0 Å². The Bertz CT molecular complexity index is 1530. The quantitative estimate of drug-likeness (QED) is 0.184. The van der Waals surface area contributed by atoms with Gasteiger partial charge in [-0.05, 0) is 52.7 Å². The van der Waals surface area contributed by atoms with E-state index in [1.54, 1.807) is 60.7 Å². The molecule has 0 aliphatic carbocycles. The summed E-state index contributed by atoms with van der Waals surface area (Å²) in [6.45, 7) is 0. The number of alkyl halides is 6. The van der Waals surface area contributed by atoms with Crippen LogP contribution in [0.2, 0.25) is 0 Å². The van der Waals surface area contributed by atoms with Gasteiger partial charge in [0, 0.05) is 28.2 Å². The van der Waals surface area contributed by atoms with Crippen LogP contribution < -0.4 is 4.68 Å². The van der Waals surface area contributed by atoms with Crippen LogP contribution in [0.5, 0.6) is 0 Å². The minimum atomic E-state index is -4.56. The molecule has 0 fully saturated rings. The predicted octanol–water partition coefficient (Wildman–Crippen LogP) is 7.88. The third-order valence-electron chi connectivity index (χ3n) is 5.80. The van der Waals surface area contributed by atoms with Crippen molar-refractivity contribution in [1.82, 2.24) is 5.10 Å². The Labute approximate surface area is 202 Å². The number of hydrogen-bond donors (Lipinski definition) is 0. The second-order valence-corrected chi connectivity index (χ2v) is 8.14.